The van der Waals surface area contributed by atoms with Crippen LogP contribution in [0.15, 0.2) is 170 Å². The van der Waals surface area contributed by atoms with E-state index in [9.17, 15) is 0 Å². The van der Waals surface area contributed by atoms with Gasteiger partial charge in [-0.2, -0.15) is 0 Å². The summed E-state index contributed by atoms with van der Waals surface area (Å²) in [6.07, 6.45) is 0. The van der Waals surface area contributed by atoms with Crippen LogP contribution >= 0.6 is 0 Å². The van der Waals surface area contributed by atoms with Gasteiger partial charge in [0.25, 0.3) is 0 Å². The molecule has 1 aliphatic carbocycles. The Labute approximate surface area is 320 Å². The molecule has 2 atom stereocenters. The summed E-state index contributed by atoms with van der Waals surface area (Å²) in [7, 11) is 0. The number of nitrogens with zero attached hydrogens (tertiary/aromatic N) is 2. The molecule has 0 fully saturated rings. The fourth-order valence-electron chi connectivity index (χ4n) is 9.21. The maximum Gasteiger partial charge on any atom is 0.0565 e. The number of hydrogen-bond donors (Lipinski definition) is 0. The molecule has 0 radical (unpaired) electrons. The third kappa shape index (κ3) is 5.48. The van der Waals surface area contributed by atoms with Gasteiger partial charge in [-0.25, -0.2) is 0 Å². The SMILES string of the molecule is CCn1c(-c2ccccc2)c(-c2ccc(C)cc2)c2c1C(c1ccccc1)c1c(-c3ccc(C)cc3)c(-c3ccccc3)n(CC)c1C2c1ccccc1. The van der Waals surface area contributed by atoms with E-state index in [1.807, 2.05) is 0 Å². The summed E-state index contributed by atoms with van der Waals surface area (Å²) in [6.45, 7) is 10.7. The predicted molar refractivity (Wildman–Crippen MR) is 226 cm³/mol. The number of hydrogen-bond acceptors (Lipinski definition) is 0. The van der Waals surface area contributed by atoms with Gasteiger partial charge in [-0.15, -0.1) is 0 Å². The summed E-state index contributed by atoms with van der Waals surface area (Å²) in [5, 5.41) is 0. The zero-order valence-electron chi connectivity index (χ0n) is 31.6. The van der Waals surface area contributed by atoms with Crippen LogP contribution in [0.5, 0.6) is 0 Å². The van der Waals surface area contributed by atoms with E-state index in [4.69, 9.17) is 0 Å². The predicted octanol–water partition coefficient (Wildman–Crippen LogP) is 13.3. The van der Waals surface area contributed by atoms with Gasteiger partial charge in [-0.3, -0.25) is 0 Å². The lowest BCUT2D eigenvalue weighted by molar-refractivity contribution is 0.645. The van der Waals surface area contributed by atoms with Crippen LogP contribution in [0.2, 0.25) is 0 Å². The second-order valence-electron chi connectivity index (χ2n) is 14.7. The summed E-state index contributed by atoms with van der Waals surface area (Å²) in [5.41, 5.74) is 21.0. The highest BCUT2D eigenvalue weighted by Crippen LogP contribution is 2.59. The molecule has 54 heavy (non-hydrogen) atoms. The van der Waals surface area contributed by atoms with Crippen molar-refractivity contribution >= 4 is 0 Å². The minimum absolute atomic E-state index is 0.00987. The van der Waals surface area contributed by atoms with Gasteiger partial charge in [-0.05, 0) is 72.2 Å². The van der Waals surface area contributed by atoms with Gasteiger partial charge >= 0.3 is 0 Å². The van der Waals surface area contributed by atoms with E-state index in [-0.39, 0.29) is 11.8 Å². The van der Waals surface area contributed by atoms with Crippen LogP contribution in [0, 0.1) is 13.8 Å². The van der Waals surface area contributed by atoms with Gasteiger partial charge in [0.1, 0.15) is 0 Å². The molecule has 264 valence electrons. The quantitative estimate of drug-likeness (QED) is 0.149. The minimum atomic E-state index is -0.00987. The first-order chi connectivity index (χ1) is 26.6. The van der Waals surface area contributed by atoms with Crippen molar-refractivity contribution in [2.24, 2.45) is 0 Å². The summed E-state index contributed by atoms with van der Waals surface area (Å²) >= 11 is 0. The highest BCUT2D eigenvalue weighted by molar-refractivity contribution is 5.93. The van der Waals surface area contributed by atoms with Crippen molar-refractivity contribution in [2.75, 3.05) is 0 Å². The van der Waals surface area contributed by atoms with Crippen molar-refractivity contribution in [3.05, 3.63) is 215 Å². The molecule has 0 bridgehead atoms. The summed E-state index contributed by atoms with van der Waals surface area (Å²) in [6, 6.07) is 63.3. The van der Waals surface area contributed by atoms with Crippen molar-refractivity contribution in [2.45, 2.75) is 52.6 Å². The number of rotatable bonds is 8. The first-order valence-electron chi connectivity index (χ1n) is 19.5. The van der Waals surface area contributed by atoms with Gasteiger partial charge in [-0.1, -0.05) is 181 Å². The molecule has 9 rings (SSSR count). The van der Waals surface area contributed by atoms with Crippen molar-refractivity contribution in [3.8, 4) is 44.8 Å². The van der Waals surface area contributed by atoms with Crippen molar-refractivity contribution in [3.63, 3.8) is 0 Å². The van der Waals surface area contributed by atoms with Crippen LogP contribution in [0.3, 0.4) is 0 Å². The average molecular weight is 699 g/mol. The average Bonchev–Trinajstić information content (AvgIpc) is 3.75. The molecule has 2 unspecified atom stereocenters. The number of aryl methyl sites for hydroxylation is 2. The van der Waals surface area contributed by atoms with Crippen molar-refractivity contribution < 1.29 is 0 Å². The van der Waals surface area contributed by atoms with Crippen LogP contribution in [0.4, 0.5) is 0 Å². The van der Waals surface area contributed by atoms with E-state index in [0.717, 1.165) is 13.1 Å². The van der Waals surface area contributed by atoms with Gasteiger partial charge in [0.05, 0.1) is 23.2 Å². The van der Waals surface area contributed by atoms with Crippen molar-refractivity contribution in [1.82, 2.24) is 9.13 Å². The van der Waals surface area contributed by atoms with Gasteiger partial charge in [0.2, 0.25) is 0 Å². The fourth-order valence-corrected chi connectivity index (χ4v) is 9.21. The summed E-state index contributed by atoms with van der Waals surface area (Å²) in [4.78, 5) is 0. The molecule has 1 aliphatic rings. The Hall–Kier alpha value is -6.12. The van der Waals surface area contributed by atoms with Crippen molar-refractivity contribution in [1.29, 1.82) is 0 Å². The molecular weight excluding hydrogens is 653 g/mol. The second-order valence-corrected chi connectivity index (χ2v) is 14.7. The highest BCUT2D eigenvalue weighted by atomic mass is 15.0. The lowest BCUT2D eigenvalue weighted by Gasteiger charge is -2.34. The molecule has 8 aromatic rings. The van der Waals surface area contributed by atoms with Crippen LogP contribution in [-0.4, -0.2) is 9.13 Å². The van der Waals surface area contributed by atoms with E-state index in [0.29, 0.717) is 0 Å². The topological polar surface area (TPSA) is 9.86 Å². The lowest BCUT2D eigenvalue weighted by atomic mass is 9.70. The zero-order chi connectivity index (χ0) is 36.8. The molecule has 2 heteroatoms. The molecule has 0 spiro atoms. The Morgan fingerprint density at radius 1 is 0.370 bits per heavy atom. The van der Waals surface area contributed by atoms with E-state index in [1.54, 1.807) is 0 Å². The Balaban J connectivity index is 1.53. The molecule has 6 aromatic carbocycles. The molecular formula is C52H46N2. The van der Waals surface area contributed by atoms with Crippen LogP contribution < -0.4 is 0 Å². The first-order valence-corrected chi connectivity index (χ1v) is 19.5. The number of aromatic nitrogens is 2. The number of benzene rings is 6. The standard InChI is InChI=1S/C52H46N2/c1-5-53-49(41-23-15-9-16-24-41)43(39-31-27-35(3)28-32-39)47-46(38-21-13-8-14-22-38)52-48(45(51(47)53)37-19-11-7-12-20-37)44(40-33-29-36(4)30-34-40)50(54(52)6-2)42-25-17-10-18-26-42/h7-34,45-46H,5-6H2,1-4H3. The van der Waals surface area contributed by atoms with E-state index in [1.165, 1.54) is 89.5 Å². The van der Waals surface area contributed by atoms with Crippen LogP contribution in [0.25, 0.3) is 44.8 Å². The van der Waals surface area contributed by atoms with Gasteiger partial charge in [0, 0.05) is 35.6 Å². The Kier molecular flexibility index (Phi) is 8.75. The molecule has 0 saturated heterocycles. The van der Waals surface area contributed by atoms with Gasteiger partial charge < -0.3 is 9.13 Å². The monoisotopic (exact) mass is 698 g/mol. The molecule has 2 aromatic heterocycles. The number of fused-ring (bicyclic) bond motifs is 2. The smallest absolute Gasteiger partial charge is 0.0565 e. The first kappa shape index (κ1) is 33.7. The van der Waals surface area contributed by atoms with Crippen LogP contribution in [-0.2, 0) is 13.1 Å². The van der Waals surface area contributed by atoms with E-state index >= 15 is 0 Å². The summed E-state index contributed by atoms with van der Waals surface area (Å²) < 4.78 is 5.33. The molecule has 0 amide bonds. The molecule has 0 N–H and O–H groups in total. The van der Waals surface area contributed by atoms with E-state index < -0.39 is 0 Å². The summed E-state index contributed by atoms with van der Waals surface area (Å²) in [5.74, 6) is -0.0197. The molecule has 2 heterocycles. The Morgan fingerprint density at radius 3 is 1.00 bits per heavy atom. The second kappa shape index (κ2) is 14.0. The Morgan fingerprint density at radius 2 is 0.685 bits per heavy atom. The largest absolute Gasteiger partial charge is 0.343 e. The highest BCUT2D eigenvalue weighted by Gasteiger charge is 2.45. The maximum atomic E-state index is 2.67. The normalized spacial score (nSPS) is 14.8. The van der Waals surface area contributed by atoms with E-state index in [2.05, 4.69) is 207 Å². The third-order valence-electron chi connectivity index (χ3n) is 11.5. The molecule has 0 aliphatic heterocycles. The molecule has 0 saturated carbocycles. The van der Waals surface area contributed by atoms with Gasteiger partial charge in [0.15, 0.2) is 0 Å². The lowest BCUT2D eigenvalue weighted by Crippen LogP contribution is -2.24. The minimum Gasteiger partial charge on any atom is -0.343 e. The maximum absolute atomic E-state index is 2.67. The third-order valence-corrected chi connectivity index (χ3v) is 11.5. The van der Waals surface area contributed by atoms with Crippen LogP contribution in [0.1, 0.15) is 70.5 Å². The Bertz CT molecular complexity index is 2360. The zero-order valence-corrected chi connectivity index (χ0v) is 31.6. The molecule has 2 nitrogen and oxygen atoms in total. The fraction of sp³-hybridized carbons (Fsp3) is 0.154.